The average molecular weight is 311 g/mol. The predicted octanol–water partition coefficient (Wildman–Crippen LogP) is 2.35. The number of fused-ring (bicyclic) bond motifs is 1. The highest BCUT2D eigenvalue weighted by Gasteiger charge is 2.12. The fourth-order valence-electron chi connectivity index (χ4n) is 2.75. The lowest BCUT2D eigenvalue weighted by molar-refractivity contribution is 0.229. The number of aromatic nitrogens is 2. The molecule has 0 amide bonds. The van der Waals surface area contributed by atoms with Crippen molar-refractivity contribution in [2.45, 2.75) is 6.42 Å². The van der Waals surface area contributed by atoms with Gasteiger partial charge in [-0.1, -0.05) is 6.07 Å². The summed E-state index contributed by atoms with van der Waals surface area (Å²) in [5, 5.41) is 10.5. The molecule has 0 saturated carbocycles. The van der Waals surface area contributed by atoms with Crippen molar-refractivity contribution in [2.24, 2.45) is 11.7 Å². The maximum atomic E-state index is 9.40. The van der Waals surface area contributed by atoms with Crippen molar-refractivity contribution >= 4 is 11.0 Å². The van der Waals surface area contributed by atoms with Crippen LogP contribution in [-0.4, -0.2) is 35.3 Å². The zero-order valence-electron chi connectivity index (χ0n) is 13.1. The second-order valence-corrected chi connectivity index (χ2v) is 5.65. The summed E-state index contributed by atoms with van der Waals surface area (Å²) < 4.78 is 5.44. The minimum atomic E-state index is 0.0319. The number of benzene rings is 1. The molecule has 4 N–H and O–H groups in total. The molecule has 3 rings (SSSR count). The van der Waals surface area contributed by atoms with Crippen LogP contribution in [0.3, 0.4) is 0 Å². The largest absolute Gasteiger partial charge is 0.496 e. The number of aliphatic hydroxyl groups excluding tert-OH is 1. The lowest BCUT2D eigenvalue weighted by atomic mass is 9.96. The van der Waals surface area contributed by atoms with E-state index in [2.05, 4.69) is 22.1 Å². The highest BCUT2D eigenvalue weighted by Crippen LogP contribution is 2.29. The van der Waals surface area contributed by atoms with Gasteiger partial charge in [0, 0.05) is 30.0 Å². The van der Waals surface area contributed by atoms with E-state index in [1.165, 1.54) is 0 Å². The maximum Gasteiger partial charge on any atom is 0.137 e. The van der Waals surface area contributed by atoms with Crippen LogP contribution in [0.4, 0.5) is 0 Å². The van der Waals surface area contributed by atoms with Crippen molar-refractivity contribution in [1.29, 1.82) is 0 Å². The van der Waals surface area contributed by atoms with Crippen LogP contribution in [0.15, 0.2) is 42.7 Å². The summed E-state index contributed by atoms with van der Waals surface area (Å²) in [5.74, 6) is 0.848. The summed E-state index contributed by atoms with van der Waals surface area (Å²) in [6.45, 7) is 0.515. The molecule has 2 aromatic heterocycles. The second kappa shape index (κ2) is 6.81. The molecule has 0 aliphatic rings. The predicted molar refractivity (Wildman–Crippen MR) is 91.4 cm³/mol. The molecule has 0 saturated heterocycles. The van der Waals surface area contributed by atoms with Crippen molar-refractivity contribution < 1.29 is 9.84 Å². The van der Waals surface area contributed by atoms with E-state index >= 15 is 0 Å². The molecule has 120 valence electrons. The number of pyridine rings is 1. The van der Waals surface area contributed by atoms with Crippen LogP contribution < -0.4 is 10.5 Å². The number of aromatic amines is 1. The summed E-state index contributed by atoms with van der Waals surface area (Å²) in [7, 11) is 1.66. The standard InChI is InChI=1S/C18H21N3O2/c1-23-17-3-2-13(7-15(17)6-12(9-19)11-22)16-8-14-4-5-20-18(14)21-10-16/h2-5,7-8,10,12,22H,6,9,11,19H2,1H3,(H,20,21). The van der Waals surface area contributed by atoms with Gasteiger partial charge >= 0.3 is 0 Å². The lowest BCUT2D eigenvalue weighted by Gasteiger charge is -2.15. The topological polar surface area (TPSA) is 84.2 Å². The Hall–Kier alpha value is -2.37. The van der Waals surface area contributed by atoms with Crippen LogP contribution in [0.2, 0.25) is 0 Å². The molecular weight excluding hydrogens is 290 g/mol. The highest BCUT2D eigenvalue weighted by atomic mass is 16.5. The van der Waals surface area contributed by atoms with Gasteiger partial charge in [-0.3, -0.25) is 0 Å². The number of methoxy groups -OCH3 is 1. The van der Waals surface area contributed by atoms with E-state index in [0.717, 1.165) is 33.5 Å². The smallest absolute Gasteiger partial charge is 0.137 e. The Balaban J connectivity index is 1.98. The quantitative estimate of drug-likeness (QED) is 0.652. The monoisotopic (exact) mass is 311 g/mol. The molecule has 1 unspecified atom stereocenters. The number of aliphatic hydroxyl groups is 1. The molecular formula is C18H21N3O2. The van der Waals surface area contributed by atoms with Crippen LogP contribution in [0.5, 0.6) is 5.75 Å². The summed E-state index contributed by atoms with van der Waals surface area (Å²) >= 11 is 0. The fourth-order valence-corrected chi connectivity index (χ4v) is 2.75. The first kappa shape index (κ1) is 15.5. The van der Waals surface area contributed by atoms with Gasteiger partial charge in [0.1, 0.15) is 11.4 Å². The number of nitrogens with zero attached hydrogens (tertiary/aromatic N) is 1. The van der Waals surface area contributed by atoms with E-state index in [1.54, 1.807) is 7.11 Å². The van der Waals surface area contributed by atoms with Gasteiger partial charge in [0.25, 0.3) is 0 Å². The third-order valence-corrected chi connectivity index (χ3v) is 4.11. The first-order valence-corrected chi connectivity index (χ1v) is 7.66. The molecule has 5 heteroatoms. The fraction of sp³-hybridized carbons (Fsp3) is 0.278. The number of hydrogen-bond acceptors (Lipinski definition) is 4. The van der Waals surface area contributed by atoms with Gasteiger partial charge in [-0.2, -0.15) is 0 Å². The third kappa shape index (κ3) is 3.21. The Kier molecular flexibility index (Phi) is 4.60. The van der Waals surface area contributed by atoms with E-state index < -0.39 is 0 Å². The van der Waals surface area contributed by atoms with Gasteiger partial charge in [-0.15, -0.1) is 0 Å². The van der Waals surface area contributed by atoms with Gasteiger partial charge in [-0.05, 0) is 54.3 Å². The zero-order chi connectivity index (χ0) is 16.2. The van der Waals surface area contributed by atoms with Crippen molar-refractivity contribution in [2.75, 3.05) is 20.3 Å². The molecule has 0 aliphatic carbocycles. The van der Waals surface area contributed by atoms with E-state index in [4.69, 9.17) is 10.5 Å². The molecule has 3 aromatic rings. The summed E-state index contributed by atoms with van der Waals surface area (Å²) in [6, 6.07) is 10.2. The Bertz CT molecular complexity index is 794. The second-order valence-electron chi connectivity index (χ2n) is 5.65. The normalized spacial score (nSPS) is 12.5. The summed E-state index contributed by atoms with van der Waals surface area (Å²) in [5.41, 5.74) is 9.76. The highest BCUT2D eigenvalue weighted by molar-refractivity contribution is 5.81. The van der Waals surface area contributed by atoms with Crippen molar-refractivity contribution in [3.63, 3.8) is 0 Å². The molecule has 1 atom stereocenters. The first-order chi connectivity index (χ1) is 11.2. The van der Waals surface area contributed by atoms with Gasteiger partial charge in [0.15, 0.2) is 0 Å². The van der Waals surface area contributed by atoms with E-state index in [9.17, 15) is 5.11 Å². The van der Waals surface area contributed by atoms with Gasteiger partial charge in [-0.25, -0.2) is 4.98 Å². The van der Waals surface area contributed by atoms with Gasteiger partial charge in [0.2, 0.25) is 0 Å². The third-order valence-electron chi connectivity index (χ3n) is 4.11. The van der Waals surface area contributed by atoms with Crippen LogP contribution in [-0.2, 0) is 6.42 Å². The van der Waals surface area contributed by atoms with Crippen LogP contribution in [0, 0.1) is 5.92 Å². The molecule has 5 nitrogen and oxygen atoms in total. The zero-order valence-corrected chi connectivity index (χ0v) is 13.1. The Labute approximate surface area is 135 Å². The van der Waals surface area contributed by atoms with Crippen molar-refractivity contribution in [3.05, 3.63) is 48.3 Å². The number of hydrogen-bond donors (Lipinski definition) is 3. The Morgan fingerprint density at radius 3 is 2.87 bits per heavy atom. The molecule has 23 heavy (non-hydrogen) atoms. The minimum absolute atomic E-state index is 0.0319. The van der Waals surface area contributed by atoms with Crippen molar-refractivity contribution in [1.82, 2.24) is 9.97 Å². The minimum Gasteiger partial charge on any atom is -0.496 e. The molecule has 0 spiro atoms. The SMILES string of the molecule is COc1ccc(-c2cnc3[nH]ccc3c2)cc1CC(CN)CO. The number of nitrogens with one attached hydrogen (secondary N) is 1. The molecule has 0 radical (unpaired) electrons. The van der Waals surface area contributed by atoms with Gasteiger partial charge < -0.3 is 20.6 Å². The van der Waals surface area contributed by atoms with Gasteiger partial charge in [0.05, 0.1) is 7.11 Å². The molecule has 2 heterocycles. The Morgan fingerprint density at radius 2 is 2.13 bits per heavy atom. The van der Waals surface area contributed by atoms with E-state index in [0.29, 0.717) is 13.0 Å². The molecule has 1 aromatic carbocycles. The van der Waals surface area contributed by atoms with Crippen LogP contribution in [0.25, 0.3) is 22.2 Å². The molecule has 0 bridgehead atoms. The summed E-state index contributed by atoms with van der Waals surface area (Å²) in [4.78, 5) is 7.53. The van der Waals surface area contributed by atoms with Crippen LogP contribution in [0.1, 0.15) is 5.56 Å². The number of rotatable bonds is 6. The number of nitrogens with two attached hydrogens (primary N) is 1. The Morgan fingerprint density at radius 1 is 1.26 bits per heavy atom. The van der Waals surface area contributed by atoms with E-state index in [1.807, 2.05) is 30.6 Å². The maximum absolute atomic E-state index is 9.40. The molecule has 0 fully saturated rings. The first-order valence-electron chi connectivity index (χ1n) is 7.66. The molecule has 0 aliphatic heterocycles. The van der Waals surface area contributed by atoms with Crippen molar-refractivity contribution in [3.8, 4) is 16.9 Å². The van der Waals surface area contributed by atoms with Crippen LogP contribution >= 0.6 is 0 Å². The lowest BCUT2D eigenvalue weighted by Crippen LogP contribution is -2.20. The average Bonchev–Trinajstić information content (AvgIpc) is 3.07. The number of H-pyrrole nitrogens is 1. The summed E-state index contributed by atoms with van der Waals surface area (Å²) in [6.07, 6.45) is 4.43. The van der Waals surface area contributed by atoms with E-state index in [-0.39, 0.29) is 12.5 Å². The number of ether oxygens (including phenoxy) is 1.